The van der Waals surface area contributed by atoms with E-state index in [0.717, 1.165) is 29.9 Å². The van der Waals surface area contributed by atoms with Gasteiger partial charge in [-0.25, -0.2) is 4.39 Å². The van der Waals surface area contributed by atoms with Crippen LogP contribution in [0.4, 0.5) is 4.39 Å². The average molecular weight is 235 g/mol. The summed E-state index contributed by atoms with van der Waals surface area (Å²) in [5, 5.41) is 0. The van der Waals surface area contributed by atoms with Crippen molar-refractivity contribution < 1.29 is 4.39 Å². The van der Waals surface area contributed by atoms with Gasteiger partial charge in [0.15, 0.2) is 0 Å². The van der Waals surface area contributed by atoms with Crippen LogP contribution in [0, 0.1) is 18.7 Å². The molecule has 0 heterocycles. The average Bonchev–Trinajstić information content (AvgIpc) is 2.29. The van der Waals surface area contributed by atoms with Crippen molar-refractivity contribution in [3.05, 3.63) is 35.1 Å². The van der Waals surface area contributed by atoms with Gasteiger partial charge in [-0.15, -0.1) is 0 Å². The molecule has 1 saturated carbocycles. The highest BCUT2D eigenvalue weighted by Gasteiger charge is 2.32. The van der Waals surface area contributed by atoms with Crippen LogP contribution in [0.25, 0.3) is 0 Å². The molecule has 0 saturated heterocycles. The molecule has 1 nitrogen and oxygen atoms in total. The predicted molar refractivity (Wildman–Crippen MR) is 69.3 cm³/mol. The number of benzene rings is 1. The van der Waals surface area contributed by atoms with Crippen molar-refractivity contribution in [2.24, 2.45) is 11.7 Å². The Morgan fingerprint density at radius 1 is 1.29 bits per heavy atom. The van der Waals surface area contributed by atoms with Crippen molar-refractivity contribution in [3.8, 4) is 0 Å². The molecule has 0 amide bonds. The molecule has 2 N–H and O–H groups in total. The zero-order valence-electron chi connectivity index (χ0n) is 10.8. The molecule has 1 fully saturated rings. The topological polar surface area (TPSA) is 26.0 Å². The molecular weight excluding hydrogens is 213 g/mol. The number of rotatable bonds is 2. The number of aryl methyl sites for hydroxylation is 1. The van der Waals surface area contributed by atoms with Gasteiger partial charge in [-0.05, 0) is 61.8 Å². The molecule has 0 atom stereocenters. The van der Waals surface area contributed by atoms with Gasteiger partial charge in [-0.3, -0.25) is 0 Å². The lowest BCUT2D eigenvalue weighted by molar-refractivity contribution is 0.231. The molecule has 0 radical (unpaired) electrons. The first-order valence-electron chi connectivity index (χ1n) is 6.60. The van der Waals surface area contributed by atoms with Gasteiger partial charge < -0.3 is 5.73 Å². The fourth-order valence-electron chi connectivity index (χ4n) is 2.91. The van der Waals surface area contributed by atoms with Gasteiger partial charge in [0.1, 0.15) is 5.82 Å². The Kier molecular flexibility index (Phi) is 3.53. The Balaban J connectivity index is 2.21. The van der Waals surface area contributed by atoms with Gasteiger partial charge in [0.25, 0.3) is 0 Å². The van der Waals surface area contributed by atoms with Crippen LogP contribution in [0.3, 0.4) is 0 Å². The first kappa shape index (κ1) is 12.6. The van der Waals surface area contributed by atoms with E-state index in [4.69, 9.17) is 5.73 Å². The van der Waals surface area contributed by atoms with Crippen molar-refractivity contribution in [1.82, 2.24) is 0 Å². The van der Waals surface area contributed by atoms with E-state index < -0.39 is 0 Å². The van der Waals surface area contributed by atoms with Gasteiger partial charge in [-0.1, -0.05) is 19.4 Å². The fourth-order valence-corrected chi connectivity index (χ4v) is 2.91. The lowest BCUT2D eigenvalue weighted by atomic mass is 9.72. The molecular formula is C15H22FN. The van der Waals surface area contributed by atoms with E-state index in [1.54, 1.807) is 12.1 Å². The zero-order valence-corrected chi connectivity index (χ0v) is 10.8. The van der Waals surface area contributed by atoms with E-state index in [1.807, 2.05) is 13.0 Å². The molecule has 0 unspecified atom stereocenters. The molecule has 0 bridgehead atoms. The van der Waals surface area contributed by atoms with Crippen LogP contribution >= 0.6 is 0 Å². The molecule has 2 heteroatoms. The minimum atomic E-state index is -0.307. The fraction of sp³-hybridized carbons (Fsp3) is 0.600. The van der Waals surface area contributed by atoms with Gasteiger partial charge in [0, 0.05) is 5.54 Å². The highest BCUT2D eigenvalue weighted by molar-refractivity contribution is 5.30. The Labute approximate surface area is 103 Å². The van der Waals surface area contributed by atoms with E-state index in [1.165, 1.54) is 19.3 Å². The number of nitrogens with two attached hydrogens (primary N) is 1. The summed E-state index contributed by atoms with van der Waals surface area (Å²) < 4.78 is 13.4. The van der Waals surface area contributed by atoms with Crippen molar-refractivity contribution >= 4 is 0 Å². The van der Waals surface area contributed by atoms with Crippen LogP contribution in [-0.2, 0) is 5.54 Å². The van der Waals surface area contributed by atoms with Gasteiger partial charge >= 0.3 is 0 Å². The quantitative estimate of drug-likeness (QED) is 0.827. The van der Waals surface area contributed by atoms with Gasteiger partial charge in [-0.2, -0.15) is 0 Å². The first-order valence-corrected chi connectivity index (χ1v) is 6.60. The summed E-state index contributed by atoms with van der Waals surface area (Å²) in [4.78, 5) is 0. The van der Waals surface area contributed by atoms with Crippen LogP contribution in [0.1, 0.15) is 50.2 Å². The van der Waals surface area contributed by atoms with E-state index in [2.05, 4.69) is 6.92 Å². The van der Waals surface area contributed by atoms with Crippen LogP contribution in [-0.4, -0.2) is 0 Å². The molecule has 1 aromatic carbocycles. The van der Waals surface area contributed by atoms with Crippen molar-refractivity contribution in [3.63, 3.8) is 0 Å². The lowest BCUT2D eigenvalue weighted by Crippen LogP contribution is -2.40. The number of halogens is 1. The Bertz CT molecular complexity index is 372. The summed E-state index contributed by atoms with van der Waals surface area (Å²) in [5.41, 5.74) is 8.10. The Hall–Kier alpha value is -0.890. The second kappa shape index (κ2) is 4.77. The monoisotopic (exact) mass is 235 g/mol. The molecule has 1 aliphatic carbocycles. The summed E-state index contributed by atoms with van der Waals surface area (Å²) in [6, 6.07) is 5.21. The van der Waals surface area contributed by atoms with E-state index in [-0.39, 0.29) is 11.4 Å². The molecule has 0 aliphatic heterocycles. The maximum absolute atomic E-state index is 13.4. The molecule has 0 aromatic heterocycles. The van der Waals surface area contributed by atoms with Crippen LogP contribution in [0.2, 0.25) is 0 Å². The van der Waals surface area contributed by atoms with E-state index in [9.17, 15) is 4.39 Å². The highest BCUT2D eigenvalue weighted by atomic mass is 19.1. The minimum Gasteiger partial charge on any atom is -0.321 e. The maximum Gasteiger partial charge on any atom is 0.123 e. The highest BCUT2D eigenvalue weighted by Crippen LogP contribution is 2.38. The predicted octanol–water partition coefficient (Wildman–Crippen LogP) is 3.89. The second-order valence-electron chi connectivity index (χ2n) is 5.53. The summed E-state index contributed by atoms with van der Waals surface area (Å²) in [6.45, 7) is 4.16. The van der Waals surface area contributed by atoms with Crippen molar-refractivity contribution in [2.75, 3.05) is 0 Å². The lowest BCUT2D eigenvalue weighted by Gasteiger charge is -2.37. The van der Waals surface area contributed by atoms with Crippen LogP contribution in [0.15, 0.2) is 18.2 Å². The summed E-state index contributed by atoms with van der Waals surface area (Å²) >= 11 is 0. The van der Waals surface area contributed by atoms with E-state index >= 15 is 0 Å². The van der Waals surface area contributed by atoms with Crippen molar-refractivity contribution in [1.29, 1.82) is 0 Å². The molecule has 94 valence electrons. The zero-order chi connectivity index (χ0) is 12.5. The number of hydrogen-bond acceptors (Lipinski definition) is 1. The minimum absolute atomic E-state index is 0.164. The molecule has 1 aromatic rings. The summed E-state index contributed by atoms with van der Waals surface area (Å²) in [5.74, 6) is 0.642. The van der Waals surface area contributed by atoms with Gasteiger partial charge in [0.2, 0.25) is 0 Å². The van der Waals surface area contributed by atoms with Crippen LogP contribution < -0.4 is 5.73 Å². The summed E-state index contributed by atoms with van der Waals surface area (Å²) in [6.07, 6.45) is 5.53. The molecule has 17 heavy (non-hydrogen) atoms. The molecule has 2 rings (SSSR count). The second-order valence-corrected chi connectivity index (χ2v) is 5.53. The third-order valence-corrected chi connectivity index (χ3v) is 4.19. The van der Waals surface area contributed by atoms with Crippen molar-refractivity contribution in [2.45, 2.75) is 51.5 Å². The maximum atomic E-state index is 13.4. The third kappa shape index (κ3) is 2.68. The Morgan fingerprint density at radius 3 is 2.47 bits per heavy atom. The standard InChI is InChI=1S/C15H22FN/c1-3-12-4-6-15(17,7-5-12)13-8-11(2)9-14(16)10-13/h8-10,12H,3-7,17H2,1-2H3. The van der Waals surface area contributed by atoms with Crippen LogP contribution in [0.5, 0.6) is 0 Å². The Morgan fingerprint density at radius 2 is 1.94 bits per heavy atom. The molecule has 0 spiro atoms. The normalized spacial score (nSPS) is 29.3. The largest absolute Gasteiger partial charge is 0.321 e. The van der Waals surface area contributed by atoms with Gasteiger partial charge in [0.05, 0.1) is 0 Å². The van der Waals surface area contributed by atoms with E-state index in [0.29, 0.717) is 0 Å². The smallest absolute Gasteiger partial charge is 0.123 e. The molecule has 1 aliphatic rings. The third-order valence-electron chi connectivity index (χ3n) is 4.19. The SMILES string of the molecule is CCC1CCC(N)(c2cc(C)cc(F)c2)CC1. The number of hydrogen-bond donors (Lipinski definition) is 1. The summed E-state index contributed by atoms with van der Waals surface area (Å²) in [7, 11) is 0. The first-order chi connectivity index (χ1) is 8.03.